The second-order valence-corrected chi connectivity index (χ2v) is 5.41. The topological polar surface area (TPSA) is 48.1 Å². The highest BCUT2D eigenvalue weighted by molar-refractivity contribution is 9.10. The van der Waals surface area contributed by atoms with Gasteiger partial charge in [0.2, 0.25) is 0 Å². The maximum Gasteiger partial charge on any atom is 0.122 e. The average molecular weight is 337 g/mol. The summed E-state index contributed by atoms with van der Waals surface area (Å²) in [5.74, 6) is 0.828. The highest BCUT2D eigenvalue weighted by Gasteiger charge is 2.02. The van der Waals surface area contributed by atoms with Crippen molar-refractivity contribution < 1.29 is 4.74 Å². The van der Waals surface area contributed by atoms with E-state index in [0.717, 1.165) is 21.3 Å². The zero-order valence-corrected chi connectivity index (χ0v) is 12.8. The van der Waals surface area contributed by atoms with Crippen LogP contribution in [-0.2, 0) is 6.61 Å². The molecule has 2 N–H and O–H groups in total. The van der Waals surface area contributed by atoms with Gasteiger partial charge < -0.3 is 10.5 Å². The van der Waals surface area contributed by atoms with Crippen LogP contribution in [0, 0.1) is 6.92 Å². The number of aromatic nitrogens is 1. The molecule has 2 aromatic rings. The molecule has 98 valence electrons. The molecule has 0 aliphatic rings. The van der Waals surface area contributed by atoms with Gasteiger partial charge in [0.1, 0.15) is 17.3 Å². The van der Waals surface area contributed by atoms with Crippen LogP contribution < -0.4 is 10.5 Å². The molecule has 0 radical (unpaired) electrons. The van der Waals surface area contributed by atoms with Crippen molar-refractivity contribution in [2.24, 2.45) is 5.73 Å². The summed E-state index contributed by atoms with van der Waals surface area (Å²) in [5, 5.41) is 0. The Morgan fingerprint density at radius 1 is 1.37 bits per heavy atom. The number of halogens is 1. The minimum atomic E-state index is 0.293. The maximum absolute atomic E-state index is 5.73. The van der Waals surface area contributed by atoms with E-state index in [1.165, 1.54) is 0 Å². The Hall–Kier alpha value is -1.46. The first-order chi connectivity index (χ1) is 9.06. The van der Waals surface area contributed by atoms with E-state index >= 15 is 0 Å². The lowest BCUT2D eigenvalue weighted by molar-refractivity contribution is 0.306. The lowest BCUT2D eigenvalue weighted by atomic mass is 10.2. The van der Waals surface area contributed by atoms with Gasteiger partial charge in [0.15, 0.2) is 0 Å². The second kappa shape index (κ2) is 6.12. The first-order valence-corrected chi connectivity index (χ1v) is 6.90. The maximum atomic E-state index is 5.73. The zero-order chi connectivity index (χ0) is 13.8. The van der Waals surface area contributed by atoms with Crippen molar-refractivity contribution in [1.29, 1.82) is 0 Å². The SMILES string of the molecule is Cc1cc(OCc2ccnc(C(N)=S)c2)ccc1Br. The Morgan fingerprint density at radius 3 is 2.84 bits per heavy atom. The summed E-state index contributed by atoms with van der Waals surface area (Å²) in [5.41, 5.74) is 8.28. The number of benzene rings is 1. The van der Waals surface area contributed by atoms with Crippen LogP contribution in [0.1, 0.15) is 16.8 Å². The van der Waals surface area contributed by atoms with Gasteiger partial charge in [-0.05, 0) is 48.4 Å². The Labute approximate surface area is 125 Å². The Balaban J connectivity index is 2.07. The van der Waals surface area contributed by atoms with E-state index in [4.69, 9.17) is 22.7 Å². The number of hydrogen-bond donors (Lipinski definition) is 1. The molecule has 2 rings (SSSR count). The summed E-state index contributed by atoms with van der Waals surface area (Å²) in [6.07, 6.45) is 1.68. The Kier molecular flexibility index (Phi) is 4.50. The van der Waals surface area contributed by atoms with Crippen molar-refractivity contribution in [3.8, 4) is 5.75 Å². The molecule has 0 saturated heterocycles. The largest absolute Gasteiger partial charge is 0.489 e. The van der Waals surface area contributed by atoms with Gasteiger partial charge in [-0.1, -0.05) is 28.1 Å². The van der Waals surface area contributed by atoms with Crippen molar-refractivity contribution in [2.45, 2.75) is 13.5 Å². The van der Waals surface area contributed by atoms with Gasteiger partial charge in [0, 0.05) is 10.7 Å². The molecule has 3 nitrogen and oxygen atoms in total. The normalized spacial score (nSPS) is 10.2. The molecule has 0 saturated carbocycles. The number of pyridine rings is 1. The van der Waals surface area contributed by atoms with Gasteiger partial charge in [0.25, 0.3) is 0 Å². The molecule has 19 heavy (non-hydrogen) atoms. The van der Waals surface area contributed by atoms with Crippen LogP contribution in [0.4, 0.5) is 0 Å². The molecule has 0 unspecified atom stereocenters. The average Bonchev–Trinajstić information content (AvgIpc) is 2.40. The van der Waals surface area contributed by atoms with Crippen LogP contribution in [0.5, 0.6) is 5.75 Å². The number of nitrogens with two attached hydrogens (primary N) is 1. The lowest BCUT2D eigenvalue weighted by Crippen LogP contribution is -2.12. The Morgan fingerprint density at radius 2 is 2.16 bits per heavy atom. The zero-order valence-electron chi connectivity index (χ0n) is 10.4. The summed E-state index contributed by atoms with van der Waals surface area (Å²) < 4.78 is 6.80. The first kappa shape index (κ1) is 14.0. The summed E-state index contributed by atoms with van der Waals surface area (Å²) >= 11 is 8.36. The van der Waals surface area contributed by atoms with Crippen LogP contribution in [-0.4, -0.2) is 9.97 Å². The van der Waals surface area contributed by atoms with E-state index in [9.17, 15) is 0 Å². The third-order valence-electron chi connectivity index (χ3n) is 2.61. The van der Waals surface area contributed by atoms with Crippen LogP contribution in [0.25, 0.3) is 0 Å². The summed E-state index contributed by atoms with van der Waals surface area (Å²) in [7, 11) is 0. The minimum Gasteiger partial charge on any atom is -0.489 e. The molecule has 0 bridgehead atoms. The quantitative estimate of drug-likeness (QED) is 0.869. The second-order valence-electron chi connectivity index (χ2n) is 4.11. The van der Waals surface area contributed by atoms with Crippen LogP contribution in [0.2, 0.25) is 0 Å². The predicted octanol–water partition coefficient (Wildman–Crippen LogP) is 3.37. The standard InChI is InChI=1S/C14H13BrN2OS/c1-9-6-11(2-3-12(9)15)18-8-10-4-5-17-13(7-10)14(16)19/h2-7H,8H2,1H3,(H2,16,19). The van der Waals surface area contributed by atoms with Gasteiger partial charge in [-0.15, -0.1) is 0 Å². The van der Waals surface area contributed by atoms with Gasteiger partial charge in [-0.3, -0.25) is 4.98 Å². The molecule has 0 aliphatic carbocycles. The van der Waals surface area contributed by atoms with Crippen molar-refractivity contribution in [1.82, 2.24) is 4.98 Å². The van der Waals surface area contributed by atoms with Crippen molar-refractivity contribution in [3.63, 3.8) is 0 Å². The van der Waals surface area contributed by atoms with Crippen molar-refractivity contribution in [2.75, 3.05) is 0 Å². The van der Waals surface area contributed by atoms with E-state index < -0.39 is 0 Å². The summed E-state index contributed by atoms with van der Waals surface area (Å²) in [6, 6.07) is 9.60. The van der Waals surface area contributed by atoms with Crippen LogP contribution in [0.15, 0.2) is 41.0 Å². The summed E-state index contributed by atoms with van der Waals surface area (Å²) in [6.45, 7) is 2.48. The molecular weight excluding hydrogens is 324 g/mol. The van der Waals surface area contributed by atoms with Crippen LogP contribution in [0.3, 0.4) is 0 Å². The fourth-order valence-corrected chi connectivity index (χ4v) is 1.93. The number of nitrogens with zero attached hydrogens (tertiary/aromatic N) is 1. The molecule has 1 aromatic heterocycles. The molecule has 1 aromatic carbocycles. The van der Waals surface area contributed by atoms with Gasteiger partial charge in [-0.25, -0.2) is 0 Å². The third-order valence-corrected chi connectivity index (χ3v) is 3.71. The fourth-order valence-electron chi connectivity index (χ4n) is 1.57. The Bertz CT molecular complexity index is 616. The molecule has 1 heterocycles. The van der Waals surface area contributed by atoms with Gasteiger partial charge in [-0.2, -0.15) is 0 Å². The monoisotopic (exact) mass is 336 g/mol. The number of rotatable bonds is 4. The molecule has 0 spiro atoms. The number of thiocarbonyl (C=S) groups is 1. The van der Waals surface area contributed by atoms with Crippen LogP contribution >= 0.6 is 28.1 Å². The molecule has 0 atom stereocenters. The van der Waals surface area contributed by atoms with Gasteiger partial charge >= 0.3 is 0 Å². The lowest BCUT2D eigenvalue weighted by Gasteiger charge is -2.08. The number of aryl methyl sites for hydroxylation is 1. The number of hydrogen-bond acceptors (Lipinski definition) is 3. The van der Waals surface area contributed by atoms with Crippen molar-refractivity contribution >= 4 is 33.1 Å². The molecule has 0 fully saturated rings. The summed E-state index contributed by atoms with van der Waals surface area (Å²) in [4.78, 5) is 4.38. The molecule has 5 heteroatoms. The van der Waals surface area contributed by atoms with Gasteiger partial charge in [0.05, 0.1) is 5.69 Å². The number of ether oxygens (including phenoxy) is 1. The smallest absolute Gasteiger partial charge is 0.122 e. The highest BCUT2D eigenvalue weighted by Crippen LogP contribution is 2.22. The van der Waals surface area contributed by atoms with Crippen molar-refractivity contribution in [3.05, 3.63) is 57.8 Å². The highest BCUT2D eigenvalue weighted by atomic mass is 79.9. The first-order valence-electron chi connectivity index (χ1n) is 5.70. The fraction of sp³-hybridized carbons (Fsp3) is 0.143. The predicted molar refractivity (Wildman–Crippen MR) is 83.3 cm³/mol. The van der Waals surface area contributed by atoms with E-state index in [1.807, 2.05) is 37.3 Å². The van der Waals surface area contributed by atoms with E-state index in [1.54, 1.807) is 6.20 Å². The van der Waals surface area contributed by atoms with E-state index in [-0.39, 0.29) is 0 Å². The molecular formula is C14H13BrN2OS. The van der Waals surface area contributed by atoms with E-state index in [2.05, 4.69) is 20.9 Å². The molecule has 0 amide bonds. The molecule has 0 aliphatic heterocycles. The minimum absolute atomic E-state index is 0.293. The third kappa shape index (κ3) is 3.75. The van der Waals surface area contributed by atoms with E-state index in [0.29, 0.717) is 17.3 Å².